The normalized spacial score (nSPS) is 26.0. The van der Waals surface area contributed by atoms with Crippen LogP contribution in [0.1, 0.15) is 6.23 Å². The number of hydrogen-bond acceptors (Lipinski definition) is 7. The first-order chi connectivity index (χ1) is 10.5. The summed E-state index contributed by atoms with van der Waals surface area (Å²) < 4.78 is 5.96. The zero-order valence-corrected chi connectivity index (χ0v) is 17.2. The molecule has 0 amide bonds. The molecule has 2 aromatic rings. The molecule has 11 heteroatoms. The van der Waals surface area contributed by atoms with Gasteiger partial charge in [-0.1, -0.05) is 6.07 Å². The predicted octanol–water partition coefficient (Wildman–Crippen LogP) is -7.99. The molecular formula is C13H14N2Na2O7+2. The smallest absolute Gasteiger partial charge is 0.507 e. The molecule has 118 valence electrons. The van der Waals surface area contributed by atoms with Gasteiger partial charge in [0.15, 0.2) is 6.23 Å². The van der Waals surface area contributed by atoms with Gasteiger partial charge in [0.25, 0.3) is 11.1 Å². The average molecular weight is 356 g/mol. The van der Waals surface area contributed by atoms with E-state index in [1.165, 1.54) is 18.2 Å². The standard InChI is InChI=1S/C13H14N2O7.2Na/c16-4-7-9(18)10(19)13(22-7)15-12(21)5-2-1-3-6(17)8(5)11(20)14-15;;/h1-3,7,9-10,13,16-19H,4H2,(H,14,20);;/q;2*+1/t7-,9-,10-,13-;;/m1../s1. The molecule has 0 saturated carbocycles. The number of nitrogens with one attached hydrogen (secondary N) is 1. The number of rotatable bonds is 2. The van der Waals surface area contributed by atoms with Gasteiger partial charge >= 0.3 is 59.1 Å². The minimum atomic E-state index is -1.50. The predicted molar refractivity (Wildman–Crippen MR) is 73.5 cm³/mol. The van der Waals surface area contributed by atoms with Gasteiger partial charge in [0.1, 0.15) is 24.1 Å². The molecule has 0 spiro atoms. The Morgan fingerprint density at radius 3 is 2.42 bits per heavy atom. The van der Waals surface area contributed by atoms with Gasteiger partial charge in [-0.15, -0.1) is 0 Å². The van der Waals surface area contributed by atoms with Crippen molar-refractivity contribution in [2.24, 2.45) is 0 Å². The van der Waals surface area contributed by atoms with E-state index < -0.39 is 42.3 Å². The van der Waals surface area contributed by atoms with Crippen molar-refractivity contribution < 1.29 is 84.3 Å². The van der Waals surface area contributed by atoms with Gasteiger partial charge < -0.3 is 25.2 Å². The van der Waals surface area contributed by atoms with E-state index >= 15 is 0 Å². The van der Waals surface area contributed by atoms with Crippen LogP contribution in [-0.2, 0) is 4.74 Å². The Morgan fingerprint density at radius 1 is 1.17 bits per heavy atom. The number of benzene rings is 1. The molecule has 9 nitrogen and oxygen atoms in total. The summed E-state index contributed by atoms with van der Waals surface area (Å²) in [6.07, 6.45) is -5.32. The molecule has 1 saturated heterocycles. The van der Waals surface area contributed by atoms with Gasteiger partial charge in [0, 0.05) is 0 Å². The van der Waals surface area contributed by atoms with Gasteiger partial charge in [-0.3, -0.25) is 14.7 Å². The summed E-state index contributed by atoms with van der Waals surface area (Å²) in [4.78, 5) is 24.5. The second-order valence-corrected chi connectivity index (χ2v) is 5.04. The summed E-state index contributed by atoms with van der Waals surface area (Å²) in [5.74, 6) is -0.343. The Morgan fingerprint density at radius 2 is 1.83 bits per heavy atom. The summed E-state index contributed by atoms with van der Waals surface area (Å²) in [5, 5.41) is 40.4. The molecule has 3 rings (SSSR count). The van der Waals surface area contributed by atoms with Gasteiger partial charge in [-0.05, 0) is 12.1 Å². The summed E-state index contributed by atoms with van der Waals surface area (Å²) in [5.41, 5.74) is -1.45. The van der Waals surface area contributed by atoms with Crippen molar-refractivity contribution in [2.45, 2.75) is 24.5 Å². The Balaban J connectivity index is 0.00000144. The van der Waals surface area contributed by atoms with Crippen molar-refractivity contribution in [3.05, 3.63) is 38.9 Å². The number of aromatic nitrogens is 2. The summed E-state index contributed by atoms with van der Waals surface area (Å²) in [7, 11) is 0. The minimum Gasteiger partial charge on any atom is -0.507 e. The molecule has 0 bridgehead atoms. The number of ether oxygens (including phenoxy) is 1. The fourth-order valence-electron chi connectivity index (χ4n) is 2.58. The third-order valence-electron chi connectivity index (χ3n) is 3.71. The van der Waals surface area contributed by atoms with E-state index in [4.69, 9.17) is 9.84 Å². The molecule has 1 aromatic carbocycles. The number of hydrogen-bond donors (Lipinski definition) is 5. The fourth-order valence-corrected chi connectivity index (χ4v) is 2.58. The van der Waals surface area contributed by atoms with Crippen LogP contribution in [0.5, 0.6) is 5.75 Å². The Hall–Kier alpha value is -0.200. The molecule has 2 heterocycles. The molecule has 0 unspecified atom stereocenters. The van der Waals surface area contributed by atoms with Crippen LogP contribution in [0.25, 0.3) is 10.8 Å². The SMILES string of the molecule is O=c1[nH]n([C@@H]2O[C@H](CO)[C@@H](O)[C@H]2O)c(=O)c2cccc(O)c12.[Na+].[Na+]. The zero-order chi connectivity index (χ0) is 16.0. The Kier molecular flexibility index (Phi) is 7.69. The van der Waals surface area contributed by atoms with E-state index in [0.29, 0.717) is 0 Å². The van der Waals surface area contributed by atoms with Crippen molar-refractivity contribution in [1.29, 1.82) is 0 Å². The molecule has 1 aliphatic heterocycles. The fraction of sp³-hybridized carbons (Fsp3) is 0.385. The van der Waals surface area contributed by atoms with Crippen LogP contribution in [0.2, 0.25) is 0 Å². The number of H-pyrrole nitrogens is 1. The summed E-state index contributed by atoms with van der Waals surface area (Å²) >= 11 is 0. The van der Waals surface area contributed by atoms with E-state index in [9.17, 15) is 24.9 Å². The first-order valence-corrected chi connectivity index (χ1v) is 6.54. The van der Waals surface area contributed by atoms with Crippen molar-refractivity contribution in [3.8, 4) is 5.75 Å². The van der Waals surface area contributed by atoms with E-state index in [1.807, 2.05) is 0 Å². The number of aromatic hydroxyl groups is 1. The molecular weight excluding hydrogens is 342 g/mol. The number of fused-ring (bicyclic) bond motifs is 1. The van der Waals surface area contributed by atoms with Crippen LogP contribution in [0.15, 0.2) is 27.8 Å². The molecule has 1 aliphatic rings. The first kappa shape index (κ1) is 21.8. The van der Waals surface area contributed by atoms with Crippen LogP contribution < -0.4 is 70.2 Å². The summed E-state index contributed by atoms with van der Waals surface area (Å²) in [6, 6.07) is 4.03. The molecule has 1 aromatic heterocycles. The average Bonchev–Trinajstić information content (AvgIpc) is 2.78. The van der Waals surface area contributed by atoms with Crippen LogP contribution >= 0.6 is 0 Å². The molecule has 24 heavy (non-hydrogen) atoms. The van der Waals surface area contributed by atoms with Crippen molar-refractivity contribution in [2.75, 3.05) is 6.61 Å². The Labute approximate surface area is 179 Å². The van der Waals surface area contributed by atoms with Gasteiger partial charge in [-0.25, -0.2) is 4.68 Å². The zero-order valence-electron chi connectivity index (χ0n) is 13.2. The van der Waals surface area contributed by atoms with E-state index in [0.717, 1.165) is 4.68 Å². The number of aromatic amines is 1. The van der Waals surface area contributed by atoms with Gasteiger partial charge in [0.2, 0.25) is 0 Å². The van der Waals surface area contributed by atoms with Crippen molar-refractivity contribution in [3.63, 3.8) is 0 Å². The molecule has 0 radical (unpaired) electrons. The number of nitrogens with zero attached hydrogens (tertiary/aromatic N) is 1. The second kappa shape index (κ2) is 8.45. The molecule has 5 N–H and O–H groups in total. The monoisotopic (exact) mass is 356 g/mol. The summed E-state index contributed by atoms with van der Waals surface area (Å²) in [6.45, 7) is -0.553. The number of aliphatic hydroxyl groups excluding tert-OH is 3. The van der Waals surface area contributed by atoms with Crippen LogP contribution in [0.4, 0.5) is 0 Å². The molecule has 4 atom stereocenters. The quantitative estimate of drug-likeness (QED) is 0.336. The maximum atomic E-state index is 12.4. The second-order valence-electron chi connectivity index (χ2n) is 5.04. The van der Waals surface area contributed by atoms with Gasteiger partial charge in [0.05, 0.1) is 17.4 Å². The van der Waals surface area contributed by atoms with Crippen LogP contribution in [0, 0.1) is 0 Å². The molecule has 1 fully saturated rings. The van der Waals surface area contributed by atoms with E-state index in [-0.39, 0.29) is 75.6 Å². The van der Waals surface area contributed by atoms with Crippen LogP contribution in [0.3, 0.4) is 0 Å². The van der Waals surface area contributed by atoms with Crippen LogP contribution in [-0.4, -0.2) is 55.1 Å². The van der Waals surface area contributed by atoms with Crippen molar-refractivity contribution >= 4 is 10.8 Å². The number of phenolic OH excluding ortho intramolecular Hbond substituents is 1. The van der Waals surface area contributed by atoms with E-state index in [1.54, 1.807) is 0 Å². The maximum absolute atomic E-state index is 12.4. The van der Waals surface area contributed by atoms with E-state index in [2.05, 4.69) is 5.10 Å². The third kappa shape index (κ3) is 3.51. The first-order valence-electron chi connectivity index (χ1n) is 6.54. The largest absolute Gasteiger partial charge is 1.00 e. The minimum absolute atomic E-state index is 0. The van der Waals surface area contributed by atoms with Crippen molar-refractivity contribution in [1.82, 2.24) is 9.78 Å². The topological polar surface area (TPSA) is 145 Å². The Bertz CT molecular complexity index is 837. The molecule has 0 aliphatic carbocycles. The third-order valence-corrected chi connectivity index (χ3v) is 3.71. The maximum Gasteiger partial charge on any atom is 1.00 e. The van der Waals surface area contributed by atoms with Gasteiger partial charge in [-0.2, -0.15) is 0 Å². The number of phenols is 1. The number of aliphatic hydroxyl groups is 3.